The van der Waals surface area contributed by atoms with Gasteiger partial charge in [-0.2, -0.15) is 0 Å². The van der Waals surface area contributed by atoms with Crippen LogP contribution in [0, 0.1) is 0 Å². The molecule has 0 bridgehead atoms. The van der Waals surface area contributed by atoms with Crippen molar-refractivity contribution in [1.82, 2.24) is 10.1 Å². The fraction of sp³-hybridized carbons (Fsp3) is 0.156. The Morgan fingerprint density at radius 1 is 0.978 bits per heavy atom. The van der Waals surface area contributed by atoms with Crippen LogP contribution in [0.25, 0.3) is 21.9 Å². The Bertz CT molecular complexity index is 2020. The number of hydrogen-bond donors (Lipinski definition) is 1. The van der Waals surface area contributed by atoms with Gasteiger partial charge in [-0.3, -0.25) is 29.0 Å². The molecule has 0 saturated carbocycles. The topological polar surface area (TPSA) is 161 Å². The summed E-state index contributed by atoms with van der Waals surface area (Å²) in [5.41, 5.74) is 2.16. The second-order valence-corrected chi connectivity index (χ2v) is 10.4. The molecule has 5 aromatic rings. The van der Waals surface area contributed by atoms with E-state index in [9.17, 15) is 24.0 Å². The van der Waals surface area contributed by atoms with Crippen LogP contribution in [0.3, 0.4) is 0 Å². The van der Waals surface area contributed by atoms with Crippen LogP contribution in [0.1, 0.15) is 27.6 Å². The Morgan fingerprint density at radius 3 is 2.51 bits per heavy atom. The first-order valence-corrected chi connectivity index (χ1v) is 13.9. The number of imide groups is 1. The molecule has 1 fully saturated rings. The first-order valence-electron chi connectivity index (χ1n) is 13.9. The molecule has 4 amide bonds. The Hall–Kier alpha value is -5.95. The molecule has 2 aliphatic rings. The Morgan fingerprint density at radius 2 is 1.76 bits per heavy atom. The molecule has 1 saturated heterocycles. The van der Waals surface area contributed by atoms with E-state index in [1.165, 1.54) is 23.1 Å². The molecule has 0 radical (unpaired) electrons. The number of nitrogens with one attached hydrogen (secondary N) is 1. The van der Waals surface area contributed by atoms with Gasteiger partial charge < -0.3 is 24.2 Å². The van der Waals surface area contributed by atoms with E-state index in [4.69, 9.17) is 14.0 Å². The standard InChI is InChI=1S/C32H23N5O8/c1-17(38)44-26(27-32(42)36(13-14-43-27)20-10-8-18-5-4-12-33-24(18)16-20)29(39)34-19-9-11-23-25(15-19)45-35-28(23)37-30(40)21-6-2-3-7-22(21)31(37)41/h2-12,15-16,26-27H,13-14H2,1H3,(H,34,39)/t26-,27-/m1/s1. The number of hydrogen-bond acceptors (Lipinski definition) is 10. The van der Waals surface area contributed by atoms with Gasteiger partial charge in [0.1, 0.15) is 0 Å². The van der Waals surface area contributed by atoms with E-state index in [0.717, 1.165) is 17.2 Å². The highest BCUT2D eigenvalue weighted by molar-refractivity contribution is 6.35. The summed E-state index contributed by atoms with van der Waals surface area (Å²) in [6, 6.07) is 20.0. The summed E-state index contributed by atoms with van der Waals surface area (Å²) >= 11 is 0. The SMILES string of the molecule is CC(=O)O[C@@H](C(=O)Nc1ccc2c(N3C(=O)c4ccccc4C3=O)noc2c1)[C@H]1OCCN(c2ccc3cccnc3c2)C1=O. The van der Waals surface area contributed by atoms with Crippen molar-refractivity contribution in [3.63, 3.8) is 0 Å². The number of pyridine rings is 1. The first kappa shape index (κ1) is 27.9. The van der Waals surface area contributed by atoms with Gasteiger partial charge >= 0.3 is 5.97 Å². The summed E-state index contributed by atoms with van der Waals surface area (Å²) in [5.74, 6) is -3.21. The number of morpholine rings is 1. The molecule has 45 heavy (non-hydrogen) atoms. The van der Waals surface area contributed by atoms with Crippen LogP contribution in [0.5, 0.6) is 0 Å². The van der Waals surface area contributed by atoms with E-state index < -0.39 is 41.8 Å². The molecular formula is C32H23N5O8. The van der Waals surface area contributed by atoms with Crippen molar-refractivity contribution in [1.29, 1.82) is 0 Å². The third-order valence-electron chi connectivity index (χ3n) is 7.58. The van der Waals surface area contributed by atoms with Crippen molar-refractivity contribution < 1.29 is 38.0 Å². The maximum atomic E-state index is 13.6. The third-order valence-corrected chi connectivity index (χ3v) is 7.58. The molecule has 2 aliphatic heterocycles. The monoisotopic (exact) mass is 605 g/mol. The smallest absolute Gasteiger partial charge is 0.303 e. The second kappa shape index (κ2) is 11.0. The van der Waals surface area contributed by atoms with E-state index in [0.29, 0.717) is 16.6 Å². The number of nitrogens with zero attached hydrogens (tertiary/aromatic N) is 4. The molecule has 13 heteroatoms. The van der Waals surface area contributed by atoms with Crippen LogP contribution >= 0.6 is 0 Å². The van der Waals surface area contributed by atoms with Crippen LogP contribution in [0.2, 0.25) is 0 Å². The Kier molecular flexibility index (Phi) is 6.78. The number of rotatable bonds is 6. The minimum atomic E-state index is -1.62. The molecule has 224 valence electrons. The van der Waals surface area contributed by atoms with Crippen LogP contribution in [0.15, 0.2) is 83.5 Å². The predicted molar refractivity (Wildman–Crippen MR) is 160 cm³/mol. The number of aromatic nitrogens is 2. The van der Waals surface area contributed by atoms with Crippen molar-refractivity contribution in [2.75, 3.05) is 28.3 Å². The van der Waals surface area contributed by atoms with Gasteiger partial charge in [-0.25, -0.2) is 4.90 Å². The zero-order valence-corrected chi connectivity index (χ0v) is 23.6. The summed E-state index contributed by atoms with van der Waals surface area (Å²) < 4.78 is 16.4. The third kappa shape index (κ3) is 4.84. The summed E-state index contributed by atoms with van der Waals surface area (Å²) in [7, 11) is 0. The molecule has 0 aliphatic carbocycles. The second-order valence-electron chi connectivity index (χ2n) is 10.4. The molecule has 4 heterocycles. The lowest BCUT2D eigenvalue weighted by Gasteiger charge is -2.35. The molecule has 13 nitrogen and oxygen atoms in total. The number of amides is 4. The average molecular weight is 606 g/mol. The summed E-state index contributed by atoms with van der Waals surface area (Å²) in [6.45, 7) is 1.44. The molecule has 2 atom stereocenters. The van der Waals surface area contributed by atoms with Crippen LogP contribution in [-0.2, 0) is 23.9 Å². The maximum Gasteiger partial charge on any atom is 0.303 e. The fourth-order valence-electron chi connectivity index (χ4n) is 5.49. The lowest BCUT2D eigenvalue weighted by Crippen LogP contribution is -2.56. The van der Waals surface area contributed by atoms with Gasteiger partial charge in [0, 0.05) is 42.5 Å². The molecule has 3 aromatic carbocycles. The van der Waals surface area contributed by atoms with Gasteiger partial charge in [0.25, 0.3) is 23.6 Å². The number of carbonyl (C=O) groups is 5. The van der Waals surface area contributed by atoms with E-state index in [-0.39, 0.29) is 41.4 Å². The van der Waals surface area contributed by atoms with Gasteiger partial charge in [0.2, 0.25) is 6.10 Å². The van der Waals surface area contributed by atoms with Crippen molar-refractivity contribution >= 4 is 68.7 Å². The Balaban J connectivity index is 1.12. The van der Waals surface area contributed by atoms with Crippen molar-refractivity contribution in [2.24, 2.45) is 0 Å². The highest BCUT2D eigenvalue weighted by Crippen LogP contribution is 2.34. The number of carbonyl (C=O) groups excluding carboxylic acids is 5. The molecule has 1 N–H and O–H groups in total. The van der Waals surface area contributed by atoms with Crippen LogP contribution < -0.4 is 15.1 Å². The number of anilines is 3. The summed E-state index contributed by atoms with van der Waals surface area (Å²) in [5, 5.41) is 7.83. The average Bonchev–Trinajstić information content (AvgIpc) is 3.56. The van der Waals surface area contributed by atoms with Crippen LogP contribution in [-0.4, -0.2) is 65.1 Å². The van der Waals surface area contributed by atoms with Crippen molar-refractivity contribution in [2.45, 2.75) is 19.1 Å². The zero-order valence-electron chi connectivity index (χ0n) is 23.6. The molecule has 0 unspecified atom stereocenters. The largest absolute Gasteiger partial charge is 0.449 e. The van der Waals surface area contributed by atoms with Gasteiger partial charge in [0.15, 0.2) is 17.5 Å². The molecule has 2 aromatic heterocycles. The summed E-state index contributed by atoms with van der Waals surface area (Å²) in [4.78, 5) is 71.8. The van der Waals surface area contributed by atoms with E-state index in [1.807, 2.05) is 18.2 Å². The normalized spacial score (nSPS) is 17.1. The van der Waals surface area contributed by atoms with Crippen LogP contribution in [0.4, 0.5) is 17.2 Å². The van der Waals surface area contributed by atoms with Gasteiger partial charge in [0.05, 0.1) is 28.6 Å². The minimum absolute atomic E-state index is 0.0112. The zero-order chi connectivity index (χ0) is 31.2. The first-order chi connectivity index (χ1) is 21.8. The lowest BCUT2D eigenvalue weighted by molar-refractivity contribution is -0.167. The van der Waals surface area contributed by atoms with E-state index in [2.05, 4.69) is 15.5 Å². The number of ether oxygens (including phenoxy) is 2. The minimum Gasteiger partial charge on any atom is -0.449 e. The molecule has 0 spiro atoms. The highest BCUT2D eigenvalue weighted by Gasteiger charge is 2.43. The predicted octanol–water partition coefficient (Wildman–Crippen LogP) is 3.48. The lowest BCUT2D eigenvalue weighted by atomic mass is 10.1. The highest BCUT2D eigenvalue weighted by atomic mass is 16.6. The van der Waals surface area contributed by atoms with E-state index in [1.54, 1.807) is 42.6 Å². The van der Waals surface area contributed by atoms with Crippen molar-refractivity contribution in [3.8, 4) is 0 Å². The fourth-order valence-corrected chi connectivity index (χ4v) is 5.49. The molecule has 7 rings (SSSR count). The molecular weight excluding hydrogens is 582 g/mol. The quantitative estimate of drug-likeness (QED) is 0.224. The van der Waals surface area contributed by atoms with Gasteiger partial charge in [-0.05, 0) is 42.5 Å². The van der Waals surface area contributed by atoms with Gasteiger partial charge in [-0.15, -0.1) is 0 Å². The van der Waals surface area contributed by atoms with E-state index >= 15 is 0 Å². The number of esters is 1. The van der Waals surface area contributed by atoms with Gasteiger partial charge in [-0.1, -0.05) is 29.4 Å². The summed E-state index contributed by atoms with van der Waals surface area (Å²) in [6.07, 6.45) is -1.38. The van der Waals surface area contributed by atoms with Crippen molar-refractivity contribution in [3.05, 3.63) is 90.1 Å². The number of benzene rings is 3. The maximum absolute atomic E-state index is 13.6. The Labute approximate surface area is 254 Å². The number of fused-ring (bicyclic) bond motifs is 3.